The quantitative estimate of drug-likeness (QED) is 0.548. The molecule has 2 amide bonds. The van der Waals surface area contributed by atoms with Gasteiger partial charge in [-0.05, 0) is 48.9 Å². The number of anilines is 2. The van der Waals surface area contributed by atoms with E-state index < -0.39 is 0 Å². The number of aromatic nitrogens is 2. The van der Waals surface area contributed by atoms with Gasteiger partial charge >= 0.3 is 6.03 Å². The number of nitrogens with zero attached hydrogens (tertiary/aromatic N) is 2. The monoisotopic (exact) mass is 453 g/mol. The van der Waals surface area contributed by atoms with E-state index in [1.54, 1.807) is 49.8 Å². The normalized spacial score (nSPS) is 18.1. The maximum absolute atomic E-state index is 12.7. The molecule has 0 bridgehead atoms. The Bertz CT molecular complexity index is 1100. The Hall–Kier alpha value is -3.52. The van der Waals surface area contributed by atoms with Crippen LogP contribution in [0.15, 0.2) is 65.7 Å². The molecule has 1 aliphatic heterocycles. The lowest BCUT2D eigenvalue weighted by molar-refractivity contribution is 0.243. The number of piperidine rings is 1. The fraction of sp³-hybridized carbons (Fsp3) is 0.261. The summed E-state index contributed by atoms with van der Waals surface area (Å²) in [6.45, 7) is 1.36. The summed E-state index contributed by atoms with van der Waals surface area (Å²) in [5, 5.41) is 6.56. The van der Waals surface area contributed by atoms with Crippen molar-refractivity contribution in [2.24, 2.45) is 0 Å². The van der Waals surface area contributed by atoms with Crippen LogP contribution in [0.2, 0.25) is 5.02 Å². The fourth-order valence-corrected chi connectivity index (χ4v) is 3.98. The van der Waals surface area contributed by atoms with Crippen molar-refractivity contribution >= 4 is 29.0 Å². The van der Waals surface area contributed by atoms with E-state index in [4.69, 9.17) is 16.3 Å². The van der Waals surface area contributed by atoms with Crippen molar-refractivity contribution in [3.63, 3.8) is 0 Å². The van der Waals surface area contributed by atoms with Gasteiger partial charge in [0.15, 0.2) is 0 Å². The first-order valence-corrected chi connectivity index (χ1v) is 10.7. The van der Waals surface area contributed by atoms with Crippen molar-refractivity contribution in [2.75, 3.05) is 30.4 Å². The maximum Gasteiger partial charge on any atom is 0.319 e. The lowest BCUT2D eigenvalue weighted by Gasteiger charge is -2.39. The number of pyridine rings is 2. The second-order valence-corrected chi connectivity index (χ2v) is 8.02. The first-order chi connectivity index (χ1) is 15.5. The molecule has 1 aromatic carbocycles. The molecule has 3 N–H and O–H groups in total. The third kappa shape index (κ3) is 5.20. The predicted molar refractivity (Wildman–Crippen MR) is 125 cm³/mol. The Balaban J connectivity index is 1.52. The first-order valence-electron chi connectivity index (χ1n) is 10.3. The van der Waals surface area contributed by atoms with Crippen molar-refractivity contribution in [1.82, 2.24) is 15.3 Å². The molecule has 1 aliphatic rings. The Labute approximate surface area is 190 Å². The van der Waals surface area contributed by atoms with E-state index in [9.17, 15) is 9.59 Å². The molecule has 1 saturated heterocycles. The Morgan fingerprint density at radius 1 is 1.19 bits per heavy atom. The lowest BCUT2D eigenvalue weighted by atomic mass is 9.88. The highest BCUT2D eigenvalue weighted by atomic mass is 35.5. The maximum atomic E-state index is 12.7. The van der Waals surface area contributed by atoms with E-state index in [1.807, 2.05) is 12.1 Å². The summed E-state index contributed by atoms with van der Waals surface area (Å²) in [5.74, 6) is 0.615. The Morgan fingerprint density at radius 2 is 2.00 bits per heavy atom. The van der Waals surface area contributed by atoms with Crippen LogP contribution in [-0.4, -0.2) is 42.2 Å². The summed E-state index contributed by atoms with van der Waals surface area (Å²) in [5.41, 5.74) is 2.30. The molecular formula is C23H24ClN5O3. The number of urea groups is 1. The van der Waals surface area contributed by atoms with Crippen LogP contribution in [0.3, 0.4) is 0 Å². The number of ether oxygens (including phenoxy) is 1. The summed E-state index contributed by atoms with van der Waals surface area (Å²) in [6, 6.07) is 13.7. The molecule has 9 heteroatoms. The number of carbonyl (C=O) groups excluding carboxylic acids is 1. The zero-order valence-electron chi connectivity index (χ0n) is 17.5. The van der Waals surface area contributed by atoms with E-state index >= 15 is 0 Å². The van der Waals surface area contributed by atoms with Gasteiger partial charge < -0.3 is 25.3 Å². The van der Waals surface area contributed by atoms with Crippen LogP contribution < -0.4 is 25.8 Å². The van der Waals surface area contributed by atoms with Crippen LogP contribution in [0.1, 0.15) is 18.0 Å². The number of hydrogen-bond donors (Lipinski definition) is 3. The minimum atomic E-state index is -0.284. The van der Waals surface area contributed by atoms with Gasteiger partial charge in [-0.2, -0.15) is 0 Å². The highest BCUT2D eigenvalue weighted by molar-refractivity contribution is 6.30. The number of halogens is 1. The molecule has 3 aromatic rings. The van der Waals surface area contributed by atoms with Crippen LogP contribution in [0.4, 0.5) is 16.2 Å². The minimum absolute atomic E-state index is 0.0578. The standard InChI is InChI=1S/C23H24ClN5O3/c1-32-18-7-8-20(25-13-18)19-14-29(17-6-9-22(30)26-12-17)11-10-21(19)28-23(31)27-16-4-2-15(24)3-5-16/h2-9,12-13,19,21H,10-11,14H2,1H3,(H,26,30)(H2,27,28,31). The van der Waals surface area contributed by atoms with E-state index in [0.717, 1.165) is 17.9 Å². The van der Waals surface area contributed by atoms with E-state index in [0.29, 0.717) is 29.4 Å². The van der Waals surface area contributed by atoms with Crippen molar-refractivity contribution in [3.05, 3.63) is 82.0 Å². The van der Waals surface area contributed by atoms with Crippen LogP contribution in [0.5, 0.6) is 5.75 Å². The molecule has 3 heterocycles. The Morgan fingerprint density at radius 3 is 2.66 bits per heavy atom. The largest absolute Gasteiger partial charge is 0.495 e. The van der Waals surface area contributed by atoms with Gasteiger partial charge in [0.25, 0.3) is 0 Å². The van der Waals surface area contributed by atoms with E-state index in [2.05, 4.69) is 25.5 Å². The number of H-pyrrole nitrogens is 1. The van der Waals surface area contributed by atoms with Gasteiger partial charge in [0, 0.05) is 53.7 Å². The SMILES string of the molecule is COc1ccc(C2CN(c3ccc(=O)[nH]c3)CCC2NC(=O)Nc2ccc(Cl)cc2)nc1. The summed E-state index contributed by atoms with van der Waals surface area (Å²) < 4.78 is 5.23. The summed E-state index contributed by atoms with van der Waals surface area (Å²) in [4.78, 5) is 33.6. The van der Waals surface area contributed by atoms with Crippen molar-refractivity contribution in [2.45, 2.75) is 18.4 Å². The molecule has 0 radical (unpaired) electrons. The number of aromatic amines is 1. The van der Waals surface area contributed by atoms with Crippen LogP contribution >= 0.6 is 11.6 Å². The highest BCUT2D eigenvalue weighted by Gasteiger charge is 2.33. The molecule has 8 nitrogen and oxygen atoms in total. The lowest BCUT2D eigenvalue weighted by Crippen LogP contribution is -2.51. The molecule has 166 valence electrons. The van der Waals surface area contributed by atoms with Crippen LogP contribution in [-0.2, 0) is 0 Å². The Kier molecular flexibility index (Phi) is 6.61. The molecule has 0 aliphatic carbocycles. The first kappa shape index (κ1) is 21.7. The molecule has 2 unspecified atom stereocenters. The second-order valence-electron chi connectivity index (χ2n) is 7.59. The highest BCUT2D eigenvalue weighted by Crippen LogP contribution is 2.30. The molecule has 0 saturated carbocycles. The van der Waals surface area contributed by atoms with Crippen LogP contribution in [0, 0.1) is 0 Å². The zero-order valence-corrected chi connectivity index (χ0v) is 18.3. The topological polar surface area (TPSA) is 99.4 Å². The number of benzene rings is 1. The molecule has 2 aromatic heterocycles. The predicted octanol–water partition coefficient (Wildman–Crippen LogP) is 3.62. The number of carbonyl (C=O) groups is 1. The van der Waals surface area contributed by atoms with Gasteiger partial charge in [-0.1, -0.05) is 11.6 Å². The van der Waals surface area contributed by atoms with Crippen molar-refractivity contribution < 1.29 is 9.53 Å². The summed E-state index contributed by atoms with van der Waals surface area (Å²) in [7, 11) is 1.60. The molecular weight excluding hydrogens is 430 g/mol. The van der Waals surface area contributed by atoms with Gasteiger partial charge in [-0.15, -0.1) is 0 Å². The van der Waals surface area contributed by atoms with E-state index in [1.165, 1.54) is 6.07 Å². The molecule has 32 heavy (non-hydrogen) atoms. The smallest absolute Gasteiger partial charge is 0.319 e. The minimum Gasteiger partial charge on any atom is -0.495 e. The zero-order chi connectivity index (χ0) is 22.5. The summed E-state index contributed by atoms with van der Waals surface area (Å²) >= 11 is 5.92. The number of rotatable bonds is 5. The number of methoxy groups -OCH3 is 1. The van der Waals surface area contributed by atoms with Crippen molar-refractivity contribution in [3.8, 4) is 5.75 Å². The number of amides is 2. The molecule has 2 atom stereocenters. The third-order valence-electron chi connectivity index (χ3n) is 5.54. The fourth-order valence-electron chi connectivity index (χ4n) is 3.86. The van der Waals surface area contributed by atoms with Gasteiger partial charge in [0.1, 0.15) is 5.75 Å². The average Bonchev–Trinajstić information content (AvgIpc) is 2.81. The van der Waals surface area contributed by atoms with Crippen molar-refractivity contribution in [1.29, 1.82) is 0 Å². The molecule has 1 fully saturated rings. The number of nitrogens with one attached hydrogen (secondary N) is 3. The van der Waals surface area contributed by atoms with Gasteiger partial charge in [-0.3, -0.25) is 9.78 Å². The number of hydrogen-bond acceptors (Lipinski definition) is 5. The summed E-state index contributed by atoms with van der Waals surface area (Å²) in [6.07, 6.45) is 4.10. The van der Waals surface area contributed by atoms with Gasteiger partial charge in [0.2, 0.25) is 5.56 Å². The van der Waals surface area contributed by atoms with E-state index in [-0.39, 0.29) is 23.6 Å². The average molecular weight is 454 g/mol. The molecule has 4 rings (SSSR count). The molecule has 0 spiro atoms. The second kappa shape index (κ2) is 9.74. The third-order valence-corrected chi connectivity index (χ3v) is 5.79. The van der Waals surface area contributed by atoms with Gasteiger partial charge in [0.05, 0.1) is 19.0 Å². The van der Waals surface area contributed by atoms with Gasteiger partial charge in [-0.25, -0.2) is 4.79 Å². The van der Waals surface area contributed by atoms with Crippen LogP contribution in [0.25, 0.3) is 0 Å².